The Hall–Kier alpha value is -2.04. The molecule has 1 amide bonds. The minimum Gasteiger partial charge on any atom is -0.355 e. The highest BCUT2D eigenvalue weighted by atomic mass is 16.2. The van der Waals surface area contributed by atoms with Gasteiger partial charge in [0.1, 0.15) is 0 Å². The number of aliphatic imine (C=N–C) groups is 1. The van der Waals surface area contributed by atoms with E-state index in [0.717, 1.165) is 13.0 Å². The Morgan fingerprint density at radius 3 is 2.70 bits per heavy atom. The highest BCUT2D eigenvalue weighted by Crippen LogP contribution is 2.21. The third kappa shape index (κ3) is 3.50. The van der Waals surface area contributed by atoms with Gasteiger partial charge < -0.3 is 5.32 Å². The van der Waals surface area contributed by atoms with E-state index in [-0.39, 0.29) is 11.3 Å². The van der Waals surface area contributed by atoms with E-state index in [1.165, 1.54) is 5.01 Å². The van der Waals surface area contributed by atoms with E-state index in [9.17, 15) is 4.79 Å². The van der Waals surface area contributed by atoms with Gasteiger partial charge in [0, 0.05) is 13.6 Å². The Bertz CT molecular complexity index is 531. The lowest BCUT2D eigenvalue weighted by Gasteiger charge is -2.21. The molecule has 1 heterocycles. The normalized spacial score (nSPS) is 15.1. The molecule has 0 saturated carbocycles. The molecule has 1 aromatic carbocycles. The van der Waals surface area contributed by atoms with Gasteiger partial charge in [-0.15, -0.1) is 0 Å². The van der Waals surface area contributed by atoms with Crippen molar-refractivity contribution in [2.45, 2.75) is 27.2 Å². The Balaban J connectivity index is 2.15. The molecule has 2 N–H and O–H groups in total. The summed E-state index contributed by atoms with van der Waals surface area (Å²) in [5, 5.41) is 4.71. The van der Waals surface area contributed by atoms with Crippen LogP contribution in [0.4, 0.5) is 5.69 Å². The van der Waals surface area contributed by atoms with Crippen LogP contribution in [0.15, 0.2) is 29.3 Å². The summed E-state index contributed by atoms with van der Waals surface area (Å²) >= 11 is 0. The van der Waals surface area contributed by atoms with Crippen LogP contribution in [0.1, 0.15) is 37.6 Å². The fraction of sp³-hybridized carbons (Fsp3) is 0.467. The predicted molar refractivity (Wildman–Crippen MR) is 80.8 cm³/mol. The zero-order valence-corrected chi connectivity index (χ0v) is 12.5. The summed E-state index contributed by atoms with van der Waals surface area (Å²) in [7, 11) is 1.70. The van der Waals surface area contributed by atoms with E-state index < -0.39 is 0 Å². The molecule has 0 spiro atoms. The second kappa shape index (κ2) is 5.53. The molecule has 0 radical (unpaired) electrons. The summed E-state index contributed by atoms with van der Waals surface area (Å²) in [6.45, 7) is 7.39. The molecule has 108 valence electrons. The minimum absolute atomic E-state index is 0.0861. The number of guanidine groups is 1. The van der Waals surface area contributed by atoms with Crippen molar-refractivity contribution in [3.63, 3.8) is 0 Å². The van der Waals surface area contributed by atoms with Gasteiger partial charge in [0.2, 0.25) is 5.96 Å². The van der Waals surface area contributed by atoms with Gasteiger partial charge in [-0.1, -0.05) is 32.9 Å². The van der Waals surface area contributed by atoms with Crippen molar-refractivity contribution in [3.05, 3.63) is 29.8 Å². The smallest absolute Gasteiger partial charge is 0.274 e. The fourth-order valence-electron chi connectivity index (χ4n) is 1.92. The first-order valence-electron chi connectivity index (χ1n) is 6.83. The summed E-state index contributed by atoms with van der Waals surface area (Å²) < 4.78 is 0. The van der Waals surface area contributed by atoms with Crippen LogP contribution < -0.4 is 10.7 Å². The number of hydrazine groups is 1. The molecule has 1 aliphatic rings. The number of nitrogens with zero attached hydrogens (tertiary/aromatic N) is 2. The summed E-state index contributed by atoms with van der Waals surface area (Å²) in [6.07, 6.45) is 1.02. The lowest BCUT2D eigenvalue weighted by Crippen LogP contribution is -2.48. The highest BCUT2D eigenvalue weighted by Gasteiger charge is 2.20. The minimum atomic E-state index is -0.0861. The van der Waals surface area contributed by atoms with Crippen LogP contribution in [0.3, 0.4) is 0 Å². The number of benzene rings is 1. The maximum absolute atomic E-state index is 12.2. The number of fused-ring (bicyclic) bond motifs is 1. The van der Waals surface area contributed by atoms with Crippen molar-refractivity contribution in [3.8, 4) is 0 Å². The van der Waals surface area contributed by atoms with Crippen molar-refractivity contribution in [2.24, 2.45) is 10.4 Å². The molecule has 5 heteroatoms. The molecular weight excluding hydrogens is 252 g/mol. The van der Waals surface area contributed by atoms with E-state index in [0.29, 0.717) is 17.2 Å². The molecule has 0 saturated heterocycles. The zero-order chi connectivity index (χ0) is 14.8. The van der Waals surface area contributed by atoms with Gasteiger partial charge in [-0.05, 0) is 24.0 Å². The van der Waals surface area contributed by atoms with Crippen LogP contribution >= 0.6 is 0 Å². The van der Waals surface area contributed by atoms with Gasteiger partial charge in [-0.3, -0.25) is 15.2 Å². The topological polar surface area (TPSA) is 56.7 Å². The van der Waals surface area contributed by atoms with Gasteiger partial charge in [-0.2, -0.15) is 0 Å². The molecule has 1 aromatic rings. The van der Waals surface area contributed by atoms with E-state index >= 15 is 0 Å². The lowest BCUT2D eigenvalue weighted by molar-refractivity contribution is 0.0760. The maximum Gasteiger partial charge on any atom is 0.274 e. The molecular formula is C15H22N4O. The summed E-state index contributed by atoms with van der Waals surface area (Å²) in [5.74, 6) is 0.520. The standard InChI is InChI=1S/C15H22N4O/c1-15(2,3)9-10-16-14-17-12-8-6-5-7-11(12)13(20)19(4)18-14/h5-8H,9-10H2,1-4H3,(H2,16,17,18). The third-order valence-corrected chi connectivity index (χ3v) is 3.11. The second-order valence-corrected chi connectivity index (χ2v) is 6.19. The van der Waals surface area contributed by atoms with Crippen molar-refractivity contribution >= 4 is 17.6 Å². The van der Waals surface area contributed by atoms with Gasteiger partial charge in [-0.25, -0.2) is 4.99 Å². The molecule has 5 nitrogen and oxygen atoms in total. The summed E-state index contributed by atoms with van der Waals surface area (Å²) in [4.78, 5) is 16.7. The van der Waals surface area contributed by atoms with Crippen LogP contribution in [0.5, 0.6) is 0 Å². The van der Waals surface area contributed by atoms with Crippen LogP contribution in [-0.2, 0) is 0 Å². The average Bonchev–Trinajstić information content (AvgIpc) is 2.47. The number of nitrogens with one attached hydrogen (secondary N) is 2. The van der Waals surface area contributed by atoms with Crippen molar-refractivity contribution < 1.29 is 4.79 Å². The Labute approximate surface area is 120 Å². The first-order chi connectivity index (χ1) is 9.37. The second-order valence-electron chi connectivity index (χ2n) is 6.19. The summed E-state index contributed by atoms with van der Waals surface area (Å²) in [5.41, 5.74) is 4.54. The molecule has 0 atom stereocenters. The van der Waals surface area contributed by atoms with Crippen LogP contribution in [0, 0.1) is 5.41 Å². The molecule has 20 heavy (non-hydrogen) atoms. The number of carbonyl (C=O) groups is 1. The van der Waals surface area contributed by atoms with Crippen molar-refractivity contribution in [2.75, 3.05) is 13.6 Å². The number of carbonyl (C=O) groups excluding carboxylic acids is 1. The lowest BCUT2D eigenvalue weighted by atomic mass is 9.92. The van der Waals surface area contributed by atoms with E-state index in [2.05, 4.69) is 36.5 Å². The zero-order valence-electron chi connectivity index (χ0n) is 12.5. The average molecular weight is 274 g/mol. The molecule has 0 unspecified atom stereocenters. The number of amides is 1. The fourth-order valence-corrected chi connectivity index (χ4v) is 1.92. The number of hydrogen-bond acceptors (Lipinski definition) is 4. The van der Waals surface area contributed by atoms with E-state index in [1.807, 2.05) is 18.2 Å². The largest absolute Gasteiger partial charge is 0.355 e. The first kappa shape index (κ1) is 14.4. The van der Waals surface area contributed by atoms with Gasteiger partial charge in [0.25, 0.3) is 5.91 Å². The molecule has 2 rings (SSSR count). The number of para-hydroxylation sites is 1. The third-order valence-electron chi connectivity index (χ3n) is 3.11. The Morgan fingerprint density at radius 2 is 2.00 bits per heavy atom. The Morgan fingerprint density at radius 1 is 1.30 bits per heavy atom. The van der Waals surface area contributed by atoms with Gasteiger partial charge in [0.15, 0.2) is 0 Å². The summed E-state index contributed by atoms with van der Waals surface area (Å²) in [6, 6.07) is 7.36. The van der Waals surface area contributed by atoms with E-state index in [1.54, 1.807) is 13.1 Å². The molecule has 0 aliphatic carbocycles. The van der Waals surface area contributed by atoms with E-state index in [4.69, 9.17) is 0 Å². The van der Waals surface area contributed by atoms with Crippen molar-refractivity contribution in [1.82, 2.24) is 15.8 Å². The number of hydrogen-bond donors (Lipinski definition) is 2. The first-order valence-corrected chi connectivity index (χ1v) is 6.83. The van der Waals surface area contributed by atoms with Crippen LogP contribution in [0.25, 0.3) is 0 Å². The predicted octanol–water partition coefficient (Wildman–Crippen LogP) is 2.29. The molecule has 0 fully saturated rings. The molecule has 0 aromatic heterocycles. The molecule has 1 aliphatic heterocycles. The highest BCUT2D eigenvalue weighted by molar-refractivity contribution is 6.02. The number of rotatable bonds is 2. The quantitative estimate of drug-likeness (QED) is 0.870. The molecule has 0 bridgehead atoms. The monoisotopic (exact) mass is 274 g/mol. The van der Waals surface area contributed by atoms with Crippen LogP contribution in [-0.4, -0.2) is 30.5 Å². The van der Waals surface area contributed by atoms with Crippen LogP contribution in [0.2, 0.25) is 0 Å². The van der Waals surface area contributed by atoms with Gasteiger partial charge >= 0.3 is 0 Å². The van der Waals surface area contributed by atoms with Crippen molar-refractivity contribution in [1.29, 1.82) is 0 Å². The Kier molecular flexibility index (Phi) is 3.97. The van der Waals surface area contributed by atoms with Gasteiger partial charge in [0.05, 0.1) is 11.3 Å². The SMILES string of the molecule is CN1NC(NCCC(C)(C)C)=Nc2ccccc2C1=O. The maximum atomic E-state index is 12.2.